The summed E-state index contributed by atoms with van der Waals surface area (Å²) in [5, 5.41) is 8.61. The number of nitriles is 1. The molecule has 6 heteroatoms. The number of rotatable bonds is 1. The van der Waals surface area contributed by atoms with Gasteiger partial charge < -0.3 is 0 Å². The van der Waals surface area contributed by atoms with E-state index in [-0.39, 0.29) is 10.6 Å². The number of halogens is 5. The molecule has 0 saturated carbocycles. The molecule has 0 spiro atoms. The first kappa shape index (κ1) is 14.4. The van der Waals surface area contributed by atoms with Crippen molar-refractivity contribution >= 4 is 11.6 Å². The fourth-order valence-electron chi connectivity index (χ4n) is 1.70. The number of alkyl halides is 3. The van der Waals surface area contributed by atoms with Gasteiger partial charge in [0.2, 0.25) is 0 Å². The highest BCUT2D eigenvalue weighted by Crippen LogP contribution is 2.32. The van der Waals surface area contributed by atoms with Crippen molar-refractivity contribution in [1.82, 2.24) is 0 Å². The van der Waals surface area contributed by atoms with Crippen LogP contribution in [0.3, 0.4) is 0 Å². The minimum atomic E-state index is -4.42. The van der Waals surface area contributed by atoms with E-state index in [1.807, 2.05) is 0 Å². The van der Waals surface area contributed by atoms with Gasteiger partial charge in [-0.05, 0) is 35.4 Å². The second kappa shape index (κ2) is 5.14. The van der Waals surface area contributed by atoms with Gasteiger partial charge in [-0.2, -0.15) is 18.4 Å². The van der Waals surface area contributed by atoms with Crippen LogP contribution in [0.25, 0.3) is 11.1 Å². The van der Waals surface area contributed by atoms with Crippen LogP contribution < -0.4 is 0 Å². The minimum absolute atomic E-state index is 0.0811. The maximum Gasteiger partial charge on any atom is 0.416 e. The molecule has 1 nitrogen and oxygen atoms in total. The molecule has 2 rings (SSSR count). The molecule has 20 heavy (non-hydrogen) atoms. The van der Waals surface area contributed by atoms with Crippen molar-refractivity contribution in [2.75, 3.05) is 0 Å². The Kier molecular flexibility index (Phi) is 3.69. The second-order valence-electron chi connectivity index (χ2n) is 4.00. The molecule has 0 aliphatic carbocycles. The lowest BCUT2D eigenvalue weighted by Crippen LogP contribution is -2.04. The quantitative estimate of drug-likeness (QED) is 0.677. The van der Waals surface area contributed by atoms with E-state index in [9.17, 15) is 17.6 Å². The van der Waals surface area contributed by atoms with Crippen molar-refractivity contribution in [3.8, 4) is 17.2 Å². The van der Waals surface area contributed by atoms with E-state index in [0.717, 1.165) is 18.2 Å². The van der Waals surface area contributed by atoms with Gasteiger partial charge in [0.15, 0.2) is 0 Å². The lowest BCUT2D eigenvalue weighted by Gasteiger charge is -2.08. The molecule has 0 saturated heterocycles. The molecule has 0 atom stereocenters. The fourth-order valence-corrected chi connectivity index (χ4v) is 1.95. The lowest BCUT2D eigenvalue weighted by atomic mass is 10.0. The van der Waals surface area contributed by atoms with E-state index in [1.54, 1.807) is 6.07 Å². The maximum absolute atomic E-state index is 13.6. The van der Waals surface area contributed by atoms with Gasteiger partial charge in [0.05, 0.1) is 10.6 Å². The van der Waals surface area contributed by atoms with Crippen LogP contribution in [0.4, 0.5) is 17.6 Å². The van der Waals surface area contributed by atoms with Crippen LogP contribution in [0.15, 0.2) is 36.4 Å². The highest BCUT2D eigenvalue weighted by Gasteiger charge is 2.30. The zero-order chi connectivity index (χ0) is 14.9. The molecule has 0 fully saturated rings. The monoisotopic (exact) mass is 299 g/mol. The van der Waals surface area contributed by atoms with Crippen LogP contribution in [-0.2, 0) is 6.18 Å². The van der Waals surface area contributed by atoms with E-state index in [4.69, 9.17) is 16.9 Å². The molecule has 0 amide bonds. The molecular formula is C14H6ClF4N. The van der Waals surface area contributed by atoms with Crippen molar-refractivity contribution in [1.29, 1.82) is 5.26 Å². The van der Waals surface area contributed by atoms with Crippen molar-refractivity contribution in [3.05, 3.63) is 58.4 Å². The van der Waals surface area contributed by atoms with Gasteiger partial charge in [-0.25, -0.2) is 4.39 Å². The molecule has 0 radical (unpaired) electrons. The fraction of sp³-hybridized carbons (Fsp3) is 0.0714. The topological polar surface area (TPSA) is 23.8 Å². The summed E-state index contributed by atoms with van der Waals surface area (Å²) in [7, 11) is 0. The molecule has 0 aromatic heterocycles. The van der Waals surface area contributed by atoms with Gasteiger partial charge in [0.1, 0.15) is 17.4 Å². The van der Waals surface area contributed by atoms with Crippen molar-refractivity contribution in [3.63, 3.8) is 0 Å². The van der Waals surface area contributed by atoms with Gasteiger partial charge >= 0.3 is 6.18 Å². The van der Waals surface area contributed by atoms with E-state index in [1.165, 1.54) is 18.2 Å². The van der Waals surface area contributed by atoms with E-state index in [2.05, 4.69) is 0 Å². The van der Waals surface area contributed by atoms with Gasteiger partial charge in [-0.3, -0.25) is 0 Å². The smallest absolute Gasteiger partial charge is 0.205 e. The van der Waals surface area contributed by atoms with Crippen LogP contribution in [0.1, 0.15) is 11.1 Å². The van der Waals surface area contributed by atoms with E-state index < -0.39 is 17.6 Å². The summed E-state index contributed by atoms with van der Waals surface area (Å²) >= 11 is 5.75. The highest BCUT2D eigenvalue weighted by atomic mass is 35.5. The first-order valence-electron chi connectivity index (χ1n) is 5.39. The van der Waals surface area contributed by atoms with Gasteiger partial charge in [0, 0.05) is 0 Å². The van der Waals surface area contributed by atoms with Crippen molar-refractivity contribution in [2.45, 2.75) is 6.18 Å². The summed E-state index contributed by atoms with van der Waals surface area (Å²) in [5.41, 5.74) is -0.396. The van der Waals surface area contributed by atoms with Crippen LogP contribution in [0.5, 0.6) is 0 Å². The summed E-state index contributed by atoms with van der Waals surface area (Å²) in [5.74, 6) is -0.810. The first-order valence-corrected chi connectivity index (χ1v) is 5.77. The summed E-state index contributed by atoms with van der Waals surface area (Å²) < 4.78 is 50.9. The molecule has 0 aliphatic heterocycles. The zero-order valence-electron chi connectivity index (χ0n) is 9.80. The van der Waals surface area contributed by atoms with Crippen LogP contribution in [-0.4, -0.2) is 0 Å². The average molecular weight is 300 g/mol. The average Bonchev–Trinajstić information content (AvgIpc) is 2.37. The van der Waals surface area contributed by atoms with E-state index >= 15 is 0 Å². The number of hydrogen-bond donors (Lipinski definition) is 0. The molecule has 0 heterocycles. The molecular weight excluding hydrogens is 294 g/mol. The van der Waals surface area contributed by atoms with E-state index in [0.29, 0.717) is 11.1 Å². The summed E-state index contributed by atoms with van der Waals surface area (Å²) in [6, 6.07) is 8.27. The van der Waals surface area contributed by atoms with Crippen LogP contribution >= 0.6 is 11.6 Å². The predicted molar refractivity (Wildman–Crippen MR) is 66.6 cm³/mol. The number of benzene rings is 2. The van der Waals surface area contributed by atoms with Crippen LogP contribution in [0.2, 0.25) is 5.02 Å². The second-order valence-corrected chi connectivity index (χ2v) is 4.41. The molecule has 2 aromatic rings. The predicted octanol–water partition coefficient (Wildman–Crippen LogP) is 5.04. The minimum Gasteiger partial charge on any atom is -0.205 e. The summed E-state index contributed by atoms with van der Waals surface area (Å²) in [6.45, 7) is 0. The summed E-state index contributed by atoms with van der Waals surface area (Å²) in [6.07, 6.45) is -4.42. The lowest BCUT2D eigenvalue weighted by molar-refractivity contribution is -0.137. The largest absolute Gasteiger partial charge is 0.416 e. The molecule has 0 aliphatic rings. The Morgan fingerprint density at radius 2 is 1.60 bits per heavy atom. The number of hydrogen-bond acceptors (Lipinski definition) is 1. The first-order chi connectivity index (χ1) is 9.32. The summed E-state index contributed by atoms with van der Waals surface area (Å²) in [4.78, 5) is 0. The Bertz CT molecular complexity index is 661. The van der Waals surface area contributed by atoms with Crippen molar-refractivity contribution in [2.24, 2.45) is 0 Å². The Labute approximate surface area is 117 Å². The highest BCUT2D eigenvalue weighted by molar-refractivity contribution is 6.32. The Balaban J connectivity index is 2.46. The zero-order valence-corrected chi connectivity index (χ0v) is 10.6. The molecule has 2 aromatic carbocycles. The standard InChI is InChI=1S/C14H6ClF4N/c15-12-5-9(6-13(16)11(12)7-20)8-1-3-10(4-2-8)14(17,18)19/h1-6H. The third-order valence-electron chi connectivity index (χ3n) is 2.70. The molecule has 0 bridgehead atoms. The van der Waals surface area contributed by atoms with Crippen molar-refractivity contribution < 1.29 is 17.6 Å². The van der Waals surface area contributed by atoms with Gasteiger partial charge in [-0.15, -0.1) is 0 Å². The Morgan fingerprint density at radius 3 is 2.05 bits per heavy atom. The third kappa shape index (κ3) is 2.75. The number of nitrogens with zero attached hydrogens (tertiary/aromatic N) is 1. The Morgan fingerprint density at radius 1 is 1.00 bits per heavy atom. The molecule has 0 N–H and O–H groups in total. The molecule has 0 unspecified atom stereocenters. The molecule has 102 valence electrons. The Hall–Kier alpha value is -2.06. The van der Waals surface area contributed by atoms with Crippen LogP contribution in [0, 0.1) is 17.1 Å². The normalized spacial score (nSPS) is 11.2. The SMILES string of the molecule is N#Cc1c(F)cc(-c2ccc(C(F)(F)F)cc2)cc1Cl. The maximum atomic E-state index is 13.6. The van der Waals surface area contributed by atoms with Gasteiger partial charge in [-0.1, -0.05) is 23.7 Å². The third-order valence-corrected chi connectivity index (χ3v) is 3.00. The van der Waals surface area contributed by atoms with Gasteiger partial charge in [0.25, 0.3) is 0 Å².